The monoisotopic (exact) mass is 199 g/mol. The van der Waals surface area contributed by atoms with Gasteiger partial charge < -0.3 is 5.32 Å². The molecule has 1 rings (SSSR count). The highest BCUT2D eigenvalue weighted by atomic mass is 19.1. The molecule has 0 fully saturated rings. The summed E-state index contributed by atoms with van der Waals surface area (Å²) >= 11 is 0. The van der Waals surface area contributed by atoms with Gasteiger partial charge in [-0.2, -0.15) is 5.10 Å². The second-order valence-electron chi connectivity index (χ2n) is 3.83. The van der Waals surface area contributed by atoms with Crippen molar-refractivity contribution in [1.29, 1.82) is 0 Å². The minimum absolute atomic E-state index is 0.342. The van der Waals surface area contributed by atoms with Crippen LogP contribution in [-0.2, 0) is 6.54 Å². The van der Waals surface area contributed by atoms with E-state index in [1.54, 1.807) is 10.9 Å². The zero-order valence-corrected chi connectivity index (χ0v) is 9.05. The van der Waals surface area contributed by atoms with Crippen LogP contribution in [0.4, 0.5) is 10.1 Å². The normalized spacial score (nSPS) is 10.9. The molecule has 0 aliphatic carbocycles. The highest BCUT2D eigenvalue weighted by molar-refractivity contribution is 5.45. The lowest BCUT2D eigenvalue weighted by molar-refractivity contribution is 0.423. The summed E-state index contributed by atoms with van der Waals surface area (Å²) in [5, 5.41) is 7.38. The van der Waals surface area contributed by atoms with Crippen LogP contribution < -0.4 is 5.32 Å². The van der Waals surface area contributed by atoms with Crippen molar-refractivity contribution in [3.8, 4) is 0 Å². The maximum atomic E-state index is 12.1. The van der Waals surface area contributed by atoms with Gasteiger partial charge in [0.1, 0.15) is 6.67 Å². The van der Waals surface area contributed by atoms with Crippen LogP contribution in [0.15, 0.2) is 6.20 Å². The molecule has 0 amide bonds. The Bertz CT molecular complexity index is 281. The molecule has 0 aromatic carbocycles. The standard InChI is InChI=1S/C10H18FN3/c1-8(2)6-12-10-7-13-14(5-4-11)9(10)3/h7-8,12H,4-6H2,1-3H3. The van der Waals surface area contributed by atoms with Crippen LogP contribution in [0, 0.1) is 12.8 Å². The van der Waals surface area contributed by atoms with Gasteiger partial charge in [-0.1, -0.05) is 13.8 Å². The Morgan fingerprint density at radius 3 is 2.86 bits per heavy atom. The first-order valence-corrected chi connectivity index (χ1v) is 4.97. The van der Waals surface area contributed by atoms with Gasteiger partial charge in [-0.3, -0.25) is 4.68 Å². The number of halogens is 1. The van der Waals surface area contributed by atoms with Crippen LogP contribution >= 0.6 is 0 Å². The maximum Gasteiger partial charge on any atom is 0.109 e. The molecule has 1 N–H and O–H groups in total. The largest absolute Gasteiger partial charge is 0.382 e. The van der Waals surface area contributed by atoms with E-state index in [4.69, 9.17) is 0 Å². The van der Waals surface area contributed by atoms with Gasteiger partial charge in [-0.05, 0) is 12.8 Å². The molecule has 0 saturated heterocycles. The minimum Gasteiger partial charge on any atom is -0.382 e. The molecule has 0 unspecified atom stereocenters. The van der Waals surface area contributed by atoms with Gasteiger partial charge in [0.25, 0.3) is 0 Å². The van der Waals surface area contributed by atoms with Crippen LogP contribution in [0.5, 0.6) is 0 Å². The number of anilines is 1. The number of hydrogen-bond acceptors (Lipinski definition) is 2. The SMILES string of the molecule is Cc1c(NCC(C)C)cnn1CCF. The molecule has 0 saturated carbocycles. The van der Waals surface area contributed by atoms with E-state index in [2.05, 4.69) is 24.3 Å². The highest BCUT2D eigenvalue weighted by Gasteiger charge is 2.05. The molecule has 0 aliphatic rings. The molecular weight excluding hydrogens is 181 g/mol. The lowest BCUT2D eigenvalue weighted by Crippen LogP contribution is -2.09. The predicted molar refractivity (Wildman–Crippen MR) is 56.3 cm³/mol. The first-order valence-electron chi connectivity index (χ1n) is 4.97. The number of aryl methyl sites for hydroxylation is 1. The van der Waals surface area contributed by atoms with Gasteiger partial charge in [-0.15, -0.1) is 0 Å². The Morgan fingerprint density at radius 2 is 2.29 bits per heavy atom. The van der Waals surface area contributed by atoms with Crippen molar-refractivity contribution in [1.82, 2.24) is 9.78 Å². The molecule has 0 aliphatic heterocycles. The van der Waals surface area contributed by atoms with E-state index in [9.17, 15) is 4.39 Å². The van der Waals surface area contributed by atoms with E-state index in [1.165, 1.54) is 0 Å². The number of alkyl halides is 1. The van der Waals surface area contributed by atoms with E-state index >= 15 is 0 Å². The fourth-order valence-corrected chi connectivity index (χ4v) is 1.24. The van der Waals surface area contributed by atoms with Gasteiger partial charge in [0, 0.05) is 6.54 Å². The molecule has 0 atom stereocenters. The van der Waals surface area contributed by atoms with Crippen LogP contribution in [0.2, 0.25) is 0 Å². The third-order valence-electron chi connectivity index (χ3n) is 2.10. The fraction of sp³-hybridized carbons (Fsp3) is 0.700. The molecule has 0 radical (unpaired) electrons. The molecule has 80 valence electrons. The predicted octanol–water partition coefficient (Wildman–Crippen LogP) is 2.23. The minimum atomic E-state index is -0.369. The van der Waals surface area contributed by atoms with Crippen molar-refractivity contribution >= 4 is 5.69 Å². The number of hydrogen-bond donors (Lipinski definition) is 1. The van der Waals surface area contributed by atoms with Gasteiger partial charge in [0.2, 0.25) is 0 Å². The third kappa shape index (κ3) is 2.72. The number of nitrogens with zero attached hydrogens (tertiary/aromatic N) is 2. The topological polar surface area (TPSA) is 29.9 Å². The maximum absolute atomic E-state index is 12.1. The second-order valence-corrected chi connectivity index (χ2v) is 3.83. The lowest BCUT2D eigenvalue weighted by atomic mass is 10.2. The van der Waals surface area contributed by atoms with E-state index in [0.29, 0.717) is 12.5 Å². The summed E-state index contributed by atoms with van der Waals surface area (Å²) in [7, 11) is 0. The van der Waals surface area contributed by atoms with E-state index in [0.717, 1.165) is 17.9 Å². The van der Waals surface area contributed by atoms with Gasteiger partial charge >= 0.3 is 0 Å². The molecule has 1 aromatic heterocycles. The third-order valence-corrected chi connectivity index (χ3v) is 2.10. The van der Waals surface area contributed by atoms with Gasteiger partial charge in [-0.25, -0.2) is 4.39 Å². The van der Waals surface area contributed by atoms with Crippen molar-refractivity contribution in [2.45, 2.75) is 27.3 Å². The van der Waals surface area contributed by atoms with Crippen LogP contribution in [0.25, 0.3) is 0 Å². The number of aromatic nitrogens is 2. The van der Waals surface area contributed by atoms with Crippen molar-refractivity contribution in [3.63, 3.8) is 0 Å². The number of rotatable bonds is 5. The zero-order chi connectivity index (χ0) is 10.6. The van der Waals surface area contributed by atoms with E-state index < -0.39 is 0 Å². The summed E-state index contributed by atoms with van der Waals surface area (Å²) in [5.41, 5.74) is 2.01. The van der Waals surface area contributed by atoms with Crippen LogP contribution in [-0.4, -0.2) is 23.0 Å². The summed E-state index contributed by atoms with van der Waals surface area (Å²) < 4.78 is 13.8. The zero-order valence-electron chi connectivity index (χ0n) is 9.05. The quantitative estimate of drug-likeness (QED) is 0.788. The van der Waals surface area contributed by atoms with Crippen molar-refractivity contribution in [3.05, 3.63) is 11.9 Å². The van der Waals surface area contributed by atoms with Crippen molar-refractivity contribution in [2.24, 2.45) is 5.92 Å². The molecule has 3 nitrogen and oxygen atoms in total. The molecule has 1 aromatic rings. The highest BCUT2D eigenvalue weighted by Crippen LogP contribution is 2.13. The summed E-state index contributed by atoms with van der Waals surface area (Å²) in [5.74, 6) is 0.596. The first-order chi connectivity index (χ1) is 6.65. The van der Waals surface area contributed by atoms with Gasteiger partial charge in [0.05, 0.1) is 24.1 Å². The summed E-state index contributed by atoms with van der Waals surface area (Å²) in [4.78, 5) is 0. The summed E-state index contributed by atoms with van der Waals surface area (Å²) in [6.07, 6.45) is 1.76. The van der Waals surface area contributed by atoms with E-state index in [1.807, 2.05) is 6.92 Å². The molecule has 14 heavy (non-hydrogen) atoms. The van der Waals surface area contributed by atoms with Crippen molar-refractivity contribution in [2.75, 3.05) is 18.5 Å². The Labute approximate surface area is 84.3 Å². The first kappa shape index (κ1) is 11.0. The molecule has 1 heterocycles. The summed E-state index contributed by atoms with van der Waals surface area (Å²) in [6.45, 7) is 7.14. The van der Waals surface area contributed by atoms with Gasteiger partial charge in [0.15, 0.2) is 0 Å². The second kappa shape index (κ2) is 4.98. The molecule has 0 bridgehead atoms. The molecular formula is C10H18FN3. The summed E-state index contributed by atoms with van der Waals surface area (Å²) in [6, 6.07) is 0. The van der Waals surface area contributed by atoms with Crippen molar-refractivity contribution < 1.29 is 4.39 Å². The Hall–Kier alpha value is -1.06. The van der Waals surface area contributed by atoms with Crippen LogP contribution in [0.3, 0.4) is 0 Å². The van der Waals surface area contributed by atoms with Crippen LogP contribution in [0.1, 0.15) is 19.5 Å². The average Bonchev–Trinajstić information content (AvgIpc) is 2.46. The lowest BCUT2D eigenvalue weighted by Gasteiger charge is -2.08. The Kier molecular flexibility index (Phi) is 3.92. The smallest absolute Gasteiger partial charge is 0.109 e. The molecule has 0 spiro atoms. The fourth-order valence-electron chi connectivity index (χ4n) is 1.24. The molecule has 4 heteroatoms. The Balaban J connectivity index is 2.60. The van der Waals surface area contributed by atoms with E-state index in [-0.39, 0.29) is 6.67 Å². The number of nitrogens with one attached hydrogen (secondary N) is 1. The Morgan fingerprint density at radius 1 is 1.57 bits per heavy atom. The average molecular weight is 199 g/mol.